The summed E-state index contributed by atoms with van der Waals surface area (Å²) < 4.78 is 19.4. The van der Waals surface area contributed by atoms with Crippen molar-refractivity contribution in [2.24, 2.45) is 0 Å². The van der Waals surface area contributed by atoms with Crippen molar-refractivity contribution in [1.29, 1.82) is 0 Å². The second-order valence-corrected chi connectivity index (χ2v) is 6.10. The van der Waals surface area contributed by atoms with Crippen molar-refractivity contribution in [3.05, 3.63) is 72.1 Å². The molecule has 2 heterocycles. The van der Waals surface area contributed by atoms with Crippen LogP contribution in [0.2, 0.25) is 0 Å². The molecule has 0 aliphatic heterocycles. The molecule has 10 nitrogen and oxygen atoms in total. The van der Waals surface area contributed by atoms with Gasteiger partial charge in [-0.15, -0.1) is 0 Å². The summed E-state index contributed by atoms with van der Waals surface area (Å²) in [6, 6.07) is 2.16. The normalized spacial score (nSPS) is 12.6. The van der Waals surface area contributed by atoms with Crippen LogP contribution in [0.4, 0.5) is 0 Å². The number of ketones is 1. The lowest BCUT2D eigenvalue weighted by atomic mass is 10.1. The van der Waals surface area contributed by atoms with E-state index in [1.165, 1.54) is 25.2 Å². The Morgan fingerprint density at radius 3 is 2.06 bits per heavy atom. The molecule has 0 radical (unpaired) electrons. The summed E-state index contributed by atoms with van der Waals surface area (Å²) in [5, 5.41) is 9.34. The Hall–Kier alpha value is -4.21. The van der Waals surface area contributed by atoms with Crippen LogP contribution in [0.15, 0.2) is 36.6 Å². The number of hydrogen-bond donors (Lipinski definition) is 1. The van der Waals surface area contributed by atoms with Gasteiger partial charge >= 0.3 is 23.2 Å². The zero-order chi connectivity index (χ0) is 23.3. The van der Waals surface area contributed by atoms with Crippen LogP contribution < -0.4 is 21.9 Å². The van der Waals surface area contributed by atoms with Crippen LogP contribution in [-0.2, 0) is 9.47 Å². The summed E-state index contributed by atoms with van der Waals surface area (Å²) >= 11 is 0. The Bertz CT molecular complexity index is 1320. The number of carbonyl (C=O) groups excluding carboxylic acids is 3. The quantitative estimate of drug-likeness (QED) is 0.526. The van der Waals surface area contributed by atoms with E-state index in [1.807, 2.05) is 0 Å². The first-order valence-corrected chi connectivity index (χ1v) is 8.68. The maximum atomic E-state index is 12.0. The van der Waals surface area contributed by atoms with Gasteiger partial charge in [0.2, 0.25) is 0 Å². The maximum absolute atomic E-state index is 12.0. The lowest BCUT2D eigenvalue weighted by Gasteiger charge is -2.04. The van der Waals surface area contributed by atoms with Gasteiger partial charge in [-0.2, -0.15) is 0 Å². The Morgan fingerprint density at radius 2 is 1.52 bits per heavy atom. The summed E-state index contributed by atoms with van der Waals surface area (Å²) in [7, 11) is 2.23. The fourth-order valence-electron chi connectivity index (χ4n) is 2.48. The molecule has 0 bridgehead atoms. The fourth-order valence-corrected chi connectivity index (χ4v) is 2.48. The molecule has 0 fully saturated rings. The highest BCUT2D eigenvalue weighted by Crippen LogP contribution is 2.13. The SMILES string of the molecule is COC(=O)c1cc(C(C)=O)c(=O)oc1/C=C/C=c1/oc(=O)/c(=C(\C)O)cc1C(=O)OC. The first kappa shape index (κ1) is 23.1. The first-order valence-electron chi connectivity index (χ1n) is 8.68. The number of rotatable bonds is 5. The highest BCUT2D eigenvalue weighted by atomic mass is 16.5. The van der Waals surface area contributed by atoms with Crippen LogP contribution in [0.25, 0.3) is 17.9 Å². The number of ether oxygens (including phenoxy) is 2. The third-order valence-corrected chi connectivity index (χ3v) is 4.03. The molecule has 0 aliphatic carbocycles. The lowest BCUT2D eigenvalue weighted by molar-refractivity contribution is 0.0587. The summed E-state index contributed by atoms with van der Waals surface area (Å²) in [5.74, 6) is -2.86. The number of allylic oxidation sites excluding steroid dienone is 1. The van der Waals surface area contributed by atoms with E-state index in [-0.39, 0.29) is 38.8 Å². The van der Waals surface area contributed by atoms with E-state index in [0.717, 1.165) is 33.3 Å². The van der Waals surface area contributed by atoms with Gasteiger partial charge in [0, 0.05) is 0 Å². The van der Waals surface area contributed by atoms with Gasteiger partial charge in [0.1, 0.15) is 33.6 Å². The highest BCUT2D eigenvalue weighted by molar-refractivity contribution is 5.98. The Balaban J connectivity index is 2.69. The minimum Gasteiger partial charge on any atom is -0.512 e. The number of carbonyl (C=O) groups is 3. The molecule has 0 saturated carbocycles. The zero-order valence-corrected chi connectivity index (χ0v) is 17.0. The monoisotopic (exact) mass is 430 g/mol. The van der Waals surface area contributed by atoms with Crippen molar-refractivity contribution in [3.8, 4) is 0 Å². The number of esters is 2. The molecule has 0 amide bonds. The van der Waals surface area contributed by atoms with Crippen molar-refractivity contribution in [2.45, 2.75) is 13.8 Å². The fraction of sp³-hybridized carbons (Fsp3) is 0.190. The van der Waals surface area contributed by atoms with Crippen LogP contribution >= 0.6 is 0 Å². The molecular formula is C21H18O10. The van der Waals surface area contributed by atoms with Gasteiger partial charge < -0.3 is 23.4 Å². The van der Waals surface area contributed by atoms with Gasteiger partial charge in [-0.25, -0.2) is 19.2 Å². The van der Waals surface area contributed by atoms with Gasteiger partial charge in [0.25, 0.3) is 0 Å². The predicted molar refractivity (Wildman–Crippen MR) is 107 cm³/mol. The molecule has 0 unspecified atom stereocenters. The van der Waals surface area contributed by atoms with E-state index < -0.39 is 29.0 Å². The zero-order valence-electron chi connectivity index (χ0n) is 17.0. The predicted octanol–water partition coefficient (Wildman–Crippen LogP) is 0.549. The minimum atomic E-state index is -0.958. The van der Waals surface area contributed by atoms with E-state index in [1.54, 1.807) is 0 Å². The molecular weight excluding hydrogens is 412 g/mol. The smallest absolute Gasteiger partial charge is 0.347 e. The van der Waals surface area contributed by atoms with Crippen molar-refractivity contribution in [3.63, 3.8) is 0 Å². The van der Waals surface area contributed by atoms with Crippen LogP contribution in [0.3, 0.4) is 0 Å². The lowest BCUT2D eigenvalue weighted by Crippen LogP contribution is -2.33. The Labute approximate surface area is 174 Å². The van der Waals surface area contributed by atoms with Gasteiger partial charge in [-0.05, 0) is 38.1 Å². The second-order valence-electron chi connectivity index (χ2n) is 6.10. The van der Waals surface area contributed by atoms with E-state index >= 15 is 0 Å². The van der Waals surface area contributed by atoms with Gasteiger partial charge in [0.15, 0.2) is 5.78 Å². The third-order valence-electron chi connectivity index (χ3n) is 4.03. The van der Waals surface area contributed by atoms with Crippen LogP contribution in [0.1, 0.15) is 50.7 Å². The molecule has 162 valence electrons. The van der Waals surface area contributed by atoms with Gasteiger partial charge in [-0.3, -0.25) is 4.79 Å². The number of Topliss-reactive ketones (excluding diaryl/α,β-unsaturated/α-hetero) is 1. The van der Waals surface area contributed by atoms with E-state index in [0.29, 0.717) is 0 Å². The molecule has 2 rings (SSSR count). The van der Waals surface area contributed by atoms with Crippen molar-refractivity contribution >= 4 is 35.6 Å². The average molecular weight is 430 g/mol. The molecule has 0 atom stereocenters. The first-order chi connectivity index (χ1) is 14.6. The van der Waals surface area contributed by atoms with Crippen molar-refractivity contribution in [2.75, 3.05) is 14.2 Å². The number of methoxy groups -OCH3 is 2. The van der Waals surface area contributed by atoms with Crippen LogP contribution in [0, 0.1) is 0 Å². The third kappa shape index (κ3) is 5.04. The highest BCUT2D eigenvalue weighted by Gasteiger charge is 2.18. The topological polar surface area (TPSA) is 150 Å². The van der Waals surface area contributed by atoms with Crippen LogP contribution in [0.5, 0.6) is 0 Å². The molecule has 31 heavy (non-hydrogen) atoms. The minimum absolute atomic E-state index is 0.156. The summed E-state index contributed by atoms with van der Waals surface area (Å²) in [6.07, 6.45) is 3.60. The molecule has 1 N–H and O–H groups in total. The molecule has 2 aromatic heterocycles. The summed E-state index contributed by atoms with van der Waals surface area (Å²) in [6.45, 7) is 2.39. The number of aliphatic hydroxyl groups is 1. The molecule has 0 saturated heterocycles. The average Bonchev–Trinajstić information content (AvgIpc) is 2.72. The molecule has 2 aromatic rings. The van der Waals surface area contributed by atoms with E-state index in [9.17, 15) is 29.1 Å². The number of aliphatic hydroxyl groups excluding tert-OH is 1. The van der Waals surface area contributed by atoms with Gasteiger partial charge in [0.05, 0.1) is 19.4 Å². The maximum Gasteiger partial charge on any atom is 0.347 e. The van der Waals surface area contributed by atoms with E-state index in [4.69, 9.17) is 8.83 Å². The molecule has 0 aromatic carbocycles. The Morgan fingerprint density at radius 1 is 0.903 bits per heavy atom. The second kappa shape index (κ2) is 9.53. The van der Waals surface area contributed by atoms with Crippen molar-refractivity contribution < 1.29 is 37.8 Å². The van der Waals surface area contributed by atoms with Crippen LogP contribution in [-0.4, -0.2) is 37.0 Å². The molecule has 0 aliphatic rings. The standard InChI is InChI=1S/C21H18O10/c1-10(22)12-8-14(18(24)28-3)16(30-20(12)26)6-5-7-17-15(19(25)29-4)9-13(11(2)23)21(27)31-17/h5-9,22H,1-4H3/b7-5+,12-10+,16-6+. The largest absolute Gasteiger partial charge is 0.512 e. The summed E-state index contributed by atoms with van der Waals surface area (Å²) in [5.41, 5.74) is -2.74. The van der Waals surface area contributed by atoms with E-state index in [2.05, 4.69) is 9.47 Å². The molecule has 10 heteroatoms. The van der Waals surface area contributed by atoms with Crippen molar-refractivity contribution in [1.82, 2.24) is 0 Å². The number of hydrogen-bond acceptors (Lipinski definition) is 10. The Kier molecular flexibility index (Phi) is 7.09. The summed E-state index contributed by atoms with van der Waals surface area (Å²) in [4.78, 5) is 59.5. The van der Waals surface area contributed by atoms with Gasteiger partial charge in [-0.1, -0.05) is 6.08 Å². The molecule has 0 spiro atoms.